The number of rotatable bonds is 5. The van der Waals surface area contributed by atoms with Gasteiger partial charge >= 0.3 is 0 Å². The average molecular weight is 530 g/mol. The van der Waals surface area contributed by atoms with E-state index in [1.807, 2.05) is 0 Å². The highest BCUT2D eigenvalue weighted by molar-refractivity contribution is 5.72. The normalized spacial score (nSPS) is 10.6. The fourth-order valence-corrected chi connectivity index (χ4v) is 3.46. The van der Waals surface area contributed by atoms with E-state index >= 15 is 0 Å². The van der Waals surface area contributed by atoms with Crippen LogP contribution >= 0.6 is 0 Å². The standard InChI is InChI=1S/C26H10F8N4/c27-17-15(9-35)18(28)22(32)25(21(17)31)37-13-5-1-11(2-6-13)12-3-7-14(8-4-12)38-26-23(33)19(29)16(10-36)20(30)24(26)34/h1-8,37-38H. The van der Waals surface area contributed by atoms with E-state index in [1.165, 1.54) is 48.5 Å². The number of anilines is 4. The third-order valence-corrected chi connectivity index (χ3v) is 5.39. The number of benzene rings is 4. The number of halogens is 8. The van der Waals surface area contributed by atoms with Crippen LogP contribution in [0.1, 0.15) is 11.1 Å². The van der Waals surface area contributed by atoms with Gasteiger partial charge in [0.25, 0.3) is 0 Å². The molecule has 0 heterocycles. The van der Waals surface area contributed by atoms with Gasteiger partial charge in [0.15, 0.2) is 46.5 Å². The maximum atomic E-state index is 14.1. The van der Waals surface area contributed by atoms with Crippen LogP contribution in [0.5, 0.6) is 0 Å². The van der Waals surface area contributed by atoms with Gasteiger partial charge in [-0.1, -0.05) is 24.3 Å². The topological polar surface area (TPSA) is 71.6 Å². The molecular formula is C26H10F8N4. The van der Waals surface area contributed by atoms with Gasteiger partial charge in [-0.2, -0.15) is 10.5 Å². The average Bonchev–Trinajstić information content (AvgIpc) is 2.93. The minimum Gasteiger partial charge on any atom is -0.351 e. The van der Waals surface area contributed by atoms with E-state index in [2.05, 4.69) is 10.6 Å². The Bertz CT molecular complexity index is 1470. The van der Waals surface area contributed by atoms with E-state index in [4.69, 9.17) is 10.5 Å². The molecule has 12 heteroatoms. The van der Waals surface area contributed by atoms with Crippen molar-refractivity contribution in [1.82, 2.24) is 0 Å². The van der Waals surface area contributed by atoms with Crippen LogP contribution in [0.15, 0.2) is 48.5 Å². The summed E-state index contributed by atoms with van der Waals surface area (Å²) in [6, 6.07) is 13.3. The second-order valence-corrected chi connectivity index (χ2v) is 7.64. The lowest BCUT2D eigenvalue weighted by molar-refractivity contribution is 0.455. The third-order valence-electron chi connectivity index (χ3n) is 5.39. The number of nitrogens with one attached hydrogen (secondary N) is 2. The molecule has 38 heavy (non-hydrogen) atoms. The molecule has 0 radical (unpaired) electrons. The van der Waals surface area contributed by atoms with E-state index in [9.17, 15) is 35.1 Å². The molecule has 0 aliphatic heterocycles. The van der Waals surface area contributed by atoms with Crippen LogP contribution in [0, 0.1) is 69.2 Å². The summed E-state index contributed by atoms with van der Waals surface area (Å²) in [5.41, 5.74) is -3.87. The van der Waals surface area contributed by atoms with Crippen LogP contribution in [0.4, 0.5) is 57.9 Å². The number of hydrogen-bond acceptors (Lipinski definition) is 4. The van der Waals surface area contributed by atoms with Crippen molar-refractivity contribution in [1.29, 1.82) is 10.5 Å². The Labute approximate surface area is 209 Å². The van der Waals surface area contributed by atoms with Crippen LogP contribution in [0.25, 0.3) is 11.1 Å². The summed E-state index contributed by atoms with van der Waals surface area (Å²) in [6.45, 7) is 0. The zero-order valence-electron chi connectivity index (χ0n) is 18.5. The summed E-state index contributed by atoms with van der Waals surface area (Å²) in [6.07, 6.45) is 0. The minimum atomic E-state index is -1.84. The van der Waals surface area contributed by atoms with Gasteiger partial charge in [0, 0.05) is 11.4 Å². The molecule has 0 unspecified atom stereocenters. The summed E-state index contributed by atoms with van der Waals surface area (Å²) < 4.78 is 112. The maximum Gasteiger partial charge on any atom is 0.186 e. The van der Waals surface area contributed by atoms with Crippen molar-refractivity contribution in [3.05, 3.63) is 106 Å². The second kappa shape index (κ2) is 10.1. The maximum absolute atomic E-state index is 14.1. The minimum absolute atomic E-state index is 0.0455. The predicted molar refractivity (Wildman–Crippen MR) is 120 cm³/mol. The van der Waals surface area contributed by atoms with Crippen molar-refractivity contribution in [3.63, 3.8) is 0 Å². The summed E-state index contributed by atoms with van der Waals surface area (Å²) in [7, 11) is 0. The molecule has 4 rings (SSSR count). The van der Waals surface area contributed by atoms with Gasteiger partial charge in [0.1, 0.15) is 34.6 Å². The Kier molecular flexibility index (Phi) is 6.91. The molecule has 4 aromatic rings. The molecule has 2 N–H and O–H groups in total. The van der Waals surface area contributed by atoms with Crippen molar-refractivity contribution in [3.8, 4) is 23.3 Å². The molecule has 4 aromatic carbocycles. The van der Waals surface area contributed by atoms with Gasteiger partial charge in [-0.05, 0) is 35.4 Å². The highest BCUT2D eigenvalue weighted by atomic mass is 19.2. The lowest BCUT2D eigenvalue weighted by atomic mass is 10.0. The molecule has 0 spiro atoms. The van der Waals surface area contributed by atoms with Crippen LogP contribution in [0.3, 0.4) is 0 Å². The van der Waals surface area contributed by atoms with Crippen molar-refractivity contribution in [2.75, 3.05) is 10.6 Å². The highest BCUT2D eigenvalue weighted by Gasteiger charge is 2.26. The lowest BCUT2D eigenvalue weighted by Gasteiger charge is -2.13. The summed E-state index contributed by atoms with van der Waals surface area (Å²) in [5, 5.41) is 21.8. The van der Waals surface area contributed by atoms with Crippen molar-refractivity contribution in [2.45, 2.75) is 0 Å². The van der Waals surface area contributed by atoms with Gasteiger partial charge in [-0.3, -0.25) is 0 Å². The molecule has 190 valence electrons. The van der Waals surface area contributed by atoms with Crippen molar-refractivity contribution in [2.24, 2.45) is 0 Å². The summed E-state index contributed by atoms with van der Waals surface area (Å²) in [4.78, 5) is 0. The first-order valence-corrected chi connectivity index (χ1v) is 10.4. The number of nitrogens with zero attached hydrogens (tertiary/aromatic N) is 2. The Morgan fingerprint density at radius 2 is 0.684 bits per heavy atom. The van der Waals surface area contributed by atoms with Crippen LogP contribution in [-0.4, -0.2) is 0 Å². The fourth-order valence-electron chi connectivity index (χ4n) is 3.46. The molecule has 0 amide bonds. The zero-order valence-corrected chi connectivity index (χ0v) is 18.5. The second-order valence-electron chi connectivity index (χ2n) is 7.64. The van der Waals surface area contributed by atoms with E-state index in [0.29, 0.717) is 11.1 Å². The Balaban J connectivity index is 1.55. The van der Waals surface area contributed by atoms with Crippen molar-refractivity contribution < 1.29 is 35.1 Å². The zero-order chi connectivity index (χ0) is 27.7. The first-order chi connectivity index (χ1) is 18.1. The predicted octanol–water partition coefficient (Wildman–Crippen LogP) is 7.70. The van der Waals surface area contributed by atoms with Gasteiger partial charge in [-0.25, -0.2) is 35.1 Å². The van der Waals surface area contributed by atoms with Gasteiger partial charge < -0.3 is 10.6 Å². The van der Waals surface area contributed by atoms with Crippen LogP contribution in [-0.2, 0) is 0 Å². The monoisotopic (exact) mass is 530 g/mol. The first-order valence-electron chi connectivity index (χ1n) is 10.4. The Morgan fingerprint density at radius 3 is 0.921 bits per heavy atom. The molecule has 4 nitrogen and oxygen atoms in total. The molecule has 0 aromatic heterocycles. The molecule has 0 saturated heterocycles. The number of hydrogen-bond donors (Lipinski definition) is 2. The molecular weight excluding hydrogens is 520 g/mol. The molecule has 0 atom stereocenters. The summed E-state index contributed by atoms with van der Waals surface area (Å²) in [5.74, 6) is -14.5. The van der Waals surface area contributed by atoms with Gasteiger partial charge in [0.05, 0.1) is 0 Å². The Hall–Kier alpha value is -5.10. The molecule has 0 fully saturated rings. The third kappa shape index (κ3) is 4.44. The van der Waals surface area contributed by atoms with Crippen LogP contribution < -0.4 is 10.6 Å². The largest absolute Gasteiger partial charge is 0.351 e. The highest BCUT2D eigenvalue weighted by Crippen LogP contribution is 2.33. The molecule has 0 bridgehead atoms. The van der Waals surface area contributed by atoms with Crippen molar-refractivity contribution >= 4 is 22.7 Å². The van der Waals surface area contributed by atoms with Gasteiger partial charge in [0.2, 0.25) is 0 Å². The van der Waals surface area contributed by atoms with Crippen LogP contribution in [0.2, 0.25) is 0 Å². The van der Waals surface area contributed by atoms with E-state index in [0.717, 1.165) is 12.1 Å². The quantitative estimate of drug-likeness (QED) is 0.205. The molecule has 0 aliphatic rings. The lowest BCUT2D eigenvalue weighted by Crippen LogP contribution is -2.06. The van der Waals surface area contributed by atoms with E-state index in [1.54, 1.807) is 0 Å². The SMILES string of the molecule is N#Cc1c(F)c(F)c(Nc2ccc(-c3ccc(Nc4c(F)c(F)c(C#N)c(F)c4F)cc3)cc2)c(F)c1F. The van der Waals surface area contributed by atoms with E-state index < -0.39 is 69.0 Å². The smallest absolute Gasteiger partial charge is 0.186 e. The molecule has 0 saturated carbocycles. The fraction of sp³-hybridized carbons (Fsp3) is 0. The first kappa shape index (κ1) is 26.0. The summed E-state index contributed by atoms with van der Waals surface area (Å²) >= 11 is 0. The number of nitriles is 2. The Morgan fingerprint density at radius 1 is 0.421 bits per heavy atom. The molecule has 0 aliphatic carbocycles. The van der Waals surface area contributed by atoms with E-state index in [-0.39, 0.29) is 11.4 Å². The van der Waals surface area contributed by atoms with Gasteiger partial charge in [-0.15, -0.1) is 0 Å².